The summed E-state index contributed by atoms with van der Waals surface area (Å²) in [7, 11) is 3.14. The summed E-state index contributed by atoms with van der Waals surface area (Å²) in [6.45, 7) is 2.34. The van der Waals surface area contributed by atoms with Crippen molar-refractivity contribution in [3.8, 4) is 28.4 Å². The van der Waals surface area contributed by atoms with Crippen LogP contribution in [0.15, 0.2) is 82.0 Å². The molecule has 4 rings (SSSR count). The Bertz CT molecular complexity index is 1320. The van der Waals surface area contributed by atoms with E-state index in [2.05, 4.69) is 0 Å². The van der Waals surface area contributed by atoms with Gasteiger partial charge in [0.05, 0.1) is 19.8 Å². The van der Waals surface area contributed by atoms with E-state index in [-0.39, 0.29) is 0 Å². The molecule has 0 aliphatic carbocycles. The van der Waals surface area contributed by atoms with Crippen molar-refractivity contribution in [2.24, 2.45) is 0 Å². The number of benzene rings is 3. The number of rotatable bonds is 7. The molecular formula is C27H24O5. The first-order chi connectivity index (χ1) is 15.6. The Balaban J connectivity index is 1.65. The van der Waals surface area contributed by atoms with Gasteiger partial charge >= 0.3 is 5.63 Å². The third-order valence-corrected chi connectivity index (χ3v) is 5.27. The normalized spacial score (nSPS) is 11.1. The van der Waals surface area contributed by atoms with Crippen LogP contribution < -0.4 is 19.8 Å². The van der Waals surface area contributed by atoms with Crippen LogP contribution in [-0.4, -0.2) is 20.8 Å². The van der Waals surface area contributed by atoms with E-state index in [0.717, 1.165) is 16.5 Å². The lowest BCUT2D eigenvalue weighted by molar-refractivity contribution is 0.355. The number of hydrogen-bond donors (Lipinski definition) is 0. The van der Waals surface area contributed by atoms with Crippen LogP contribution in [0.3, 0.4) is 0 Å². The second-order valence-corrected chi connectivity index (χ2v) is 7.24. The SMILES string of the molecule is COc1ccc(-c2c(C)c3cc(OC/C=C/c4ccccc4)ccc3oc2=O)cc1OC. The molecule has 162 valence electrons. The van der Waals surface area contributed by atoms with Crippen LogP contribution in [0.5, 0.6) is 17.2 Å². The molecule has 0 amide bonds. The van der Waals surface area contributed by atoms with E-state index in [4.69, 9.17) is 18.6 Å². The van der Waals surface area contributed by atoms with Gasteiger partial charge in [0.2, 0.25) is 0 Å². The first-order valence-electron chi connectivity index (χ1n) is 10.2. The lowest BCUT2D eigenvalue weighted by atomic mass is 9.99. The Labute approximate surface area is 186 Å². The molecule has 0 unspecified atom stereocenters. The summed E-state index contributed by atoms with van der Waals surface area (Å²) in [5.41, 5.74) is 3.23. The minimum absolute atomic E-state index is 0.401. The average molecular weight is 428 g/mol. The van der Waals surface area contributed by atoms with Crippen LogP contribution >= 0.6 is 0 Å². The third-order valence-electron chi connectivity index (χ3n) is 5.27. The van der Waals surface area contributed by atoms with Crippen molar-refractivity contribution in [3.63, 3.8) is 0 Å². The maximum atomic E-state index is 12.8. The average Bonchev–Trinajstić information content (AvgIpc) is 2.82. The van der Waals surface area contributed by atoms with Gasteiger partial charge in [-0.1, -0.05) is 42.5 Å². The second kappa shape index (κ2) is 9.43. The van der Waals surface area contributed by atoms with E-state index >= 15 is 0 Å². The molecular weight excluding hydrogens is 404 g/mol. The molecule has 32 heavy (non-hydrogen) atoms. The molecule has 0 saturated heterocycles. The lowest BCUT2D eigenvalue weighted by Crippen LogP contribution is -2.06. The molecule has 0 bridgehead atoms. The molecule has 5 nitrogen and oxygen atoms in total. The van der Waals surface area contributed by atoms with Gasteiger partial charge in [-0.2, -0.15) is 0 Å². The molecule has 0 N–H and O–H groups in total. The van der Waals surface area contributed by atoms with Gasteiger partial charge in [-0.25, -0.2) is 4.79 Å². The first-order valence-corrected chi connectivity index (χ1v) is 10.2. The Morgan fingerprint density at radius 3 is 2.44 bits per heavy atom. The van der Waals surface area contributed by atoms with Gasteiger partial charge in [0.15, 0.2) is 11.5 Å². The van der Waals surface area contributed by atoms with Crippen LogP contribution in [0.2, 0.25) is 0 Å². The molecule has 5 heteroatoms. The van der Waals surface area contributed by atoms with E-state index in [0.29, 0.717) is 40.6 Å². The van der Waals surface area contributed by atoms with Crippen molar-refractivity contribution >= 4 is 17.0 Å². The summed E-state index contributed by atoms with van der Waals surface area (Å²) in [5, 5.41) is 0.818. The predicted molar refractivity (Wildman–Crippen MR) is 127 cm³/mol. The van der Waals surface area contributed by atoms with Crippen LogP contribution in [0, 0.1) is 6.92 Å². The van der Waals surface area contributed by atoms with Crippen LogP contribution in [0.4, 0.5) is 0 Å². The summed E-state index contributed by atoms with van der Waals surface area (Å²) in [6, 6.07) is 20.9. The Hall–Kier alpha value is -3.99. The number of hydrogen-bond acceptors (Lipinski definition) is 5. The largest absolute Gasteiger partial charge is 0.493 e. The van der Waals surface area contributed by atoms with Gasteiger partial charge in [0.25, 0.3) is 0 Å². The topological polar surface area (TPSA) is 57.9 Å². The monoisotopic (exact) mass is 428 g/mol. The highest BCUT2D eigenvalue weighted by molar-refractivity contribution is 5.88. The van der Waals surface area contributed by atoms with Crippen molar-refractivity contribution in [2.75, 3.05) is 20.8 Å². The highest BCUT2D eigenvalue weighted by Crippen LogP contribution is 2.34. The molecule has 1 heterocycles. The Morgan fingerprint density at radius 2 is 1.69 bits per heavy atom. The molecule has 0 spiro atoms. The maximum absolute atomic E-state index is 12.8. The first kappa shape index (κ1) is 21.2. The zero-order chi connectivity index (χ0) is 22.5. The van der Waals surface area contributed by atoms with Crippen molar-refractivity contribution in [1.82, 2.24) is 0 Å². The predicted octanol–water partition coefficient (Wildman–Crippen LogP) is 5.88. The van der Waals surface area contributed by atoms with Gasteiger partial charge in [-0.3, -0.25) is 0 Å². The summed E-state index contributed by atoms with van der Waals surface area (Å²) in [6.07, 6.45) is 3.98. The van der Waals surface area contributed by atoms with Gasteiger partial charge in [-0.05, 0) is 60.0 Å². The molecule has 0 saturated carbocycles. The van der Waals surface area contributed by atoms with E-state index in [1.54, 1.807) is 38.5 Å². The zero-order valence-electron chi connectivity index (χ0n) is 18.3. The minimum Gasteiger partial charge on any atom is -0.493 e. The summed E-state index contributed by atoms with van der Waals surface area (Å²) >= 11 is 0. The van der Waals surface area contributed by atoms with Crippen LogP contribution in [0.1, 0.15) is 11.1 Å². The fourth-order valence-electron chi connectivity index (χ4n) is 3.64. The highest BCUT2D eigenvalue weighted by Gasteiger charge is 2.16. The van der Waals surface area contributed by atoms with E-state index in [1.807, 2.05) is 61.5 Å². The van der Waals surface area contributed by atoms with E-state index in [1.165, 1.54) is 0 Å². The quantitative estimate of drug-likeness (QED) is 0.344. The van der Waals surface area contributed by atoms with E-state index in [9.17, 15) is 4.79 Å². The van der Waals surface area contributed by atoms with Crippen molar-refractivity contribution in [3.05, 3.63) is 94.4 Å². The summed E-state index contributed by atoms with van der Waals surface area (Å²) in [4.78, 5) is 12.8. The van der Waals surface area contributed by atoms with Crippen molar-refractivity contribution in [2.45, 2.75) is 6.92 Å². The van der Waals surface area contributed by atoms with Gasteiger partial charge in [0.1, 0.15) is 17.9 Å². The second-order valence-electron chi connectivity index (χ2n) is 7.24. The lowest BCUT2D eigenvalue weighted by Gasteiger charge is -2.12. The molecule has 0 fully saturated rings. The fraction of sp³-hybridized carbons (Fsp3) is 0.148. The molecule has 0 aliphatic heterocycles. The molecule has 4 aromatic rings. The molecule has 0 atom stereocenters. The van der Waals surface area contributed by atoms with Gasteiger partial charge in [0, 0.05) is 5.39 Å². The molecule has 0 radical (unpaired) electrons. The molecule has 0 aliphatic rings. The fourth-order valence-corrected chi connectivity index (χ4v) is 3.64. The van der Waals surface area contributed by atoms with Gasteiger partial charge < -0.3 is 18.6 Å². The Kier molecular flexibility index (Phi) is 6.26. The summed E-state index contributed by atoms with van der Waals surface area (Å²) < 4.78 is 22.2. The number of ether oxygens (including phenoxy) is 3. The van der Waals surface area contributed by atoms with Crippen molar-refractivity contribution < 1.29 is 18.6 Å². The van der Waals surface area contributed by atoms with Crippen LogP contribution in [-0.2, 0) is 0 Å². The number of aryl methyl sites for hydroxylation is 1. The third kappa shape index (κ3) is 4.37. The van der Waals surface area contributed by atoms with Gasteiger partial charge in [-0.15, -0.1) is 0 Å². The minimum atomic E-state index is -0.401. The standard InChI is InChI=1S/C27H24O5/c1-18-22-17-21(31-15-7-10-19-8-5-4-6-9-19)12-14-23(22)32-27(28)26(18)20-11-13-24(29-2)25(16-20)30-3/h4-14,16-17H,15H2,1-3H3/b10-7+. The zero-order valence-corrected chi connectivity index (χ0v) is 18.3. The van der Waals surface area contributed by atoms with E-state index < -0.39 is 5.63 Å². The Morgan fingerprint density at radius 1 is 0.906 bits per heavy atom. The van der Waals surface area contributed by atoms with Crippen molar-refractivity contribution in [1.29, 1.82) is 0 Å². The smallest absolute Gasteiger partial charge is 0.344 e. The highest BCUT2D eigenvalue weighted by atomic mass is 16.5. The van der Waals surface area contributed by atoms with Crippen LogP contribution in [0.25, 0.3) is 28.2 Å². The molecule has 1 aromatic heterocycles. The molecule has 3 aromatic carbocycles. The number of fused-ring (bicyclic) bond motifs is 1. The summed E-state index contributed by atoms with van der Waals surface area (Å²) in [5.74, 6) is 1.84. The number of methoxy groups -OCH3 is 2. The maximum Gasteiger partial charge on any atom is 0.344 e.